The molecule has 18 nitrogen and oxygen atoms in total. The first-order valence-electron chi connectivity index (χ1n) is 18.9. The van der Waals surface area contributed by atoms with Crippen molar-refractivity contribution in [2.24, 2.45) is 11.7 Å². The van der Waals surface area contributed by atoms with E-state index in [9.17, 15) is 48.3 Å². The van der Waals surface area contributed by atoms with Crippen LogP contribution in [0.5, 0.6) is 0 Å². The molecule has 2 aromatic carbocycles. The number of carboxylic acid groups (broad SMARTS) is 2. The lowest BCUT2D eigenvalue weighted by Crippen LogP contribution is -2.59. The Bertz CT molecular complexity index is 1760. The van der Waals surface area contributed by atoms with Crippen molar-refractivity contribution in [1.29, 1.82) is 0 Å². The van der Waals surface area contributed by atoms with Crippen molar-refractivity contribution in [3.05, 3.63) is 71.8 Å². The molecule has 0 heterocycles. The zero-order valence-corrected chi connectivity index (χ0v) is 34.4. The molecule has 0 unspecified atom stereocenters. The molecule has 0 aromatic heterocycles. The first kappa shape index (κ1) is 49.2. The maximum Gasteiger partial charge on any atom is 0.305 e. The maximum absolute atomic E-state index is 14.3. The van der Waals surface area contributed by atoms with Gasteiger partial charge in [-0.25, -0.2) is 0 Å². The number of nitrogens with two attached hydrogens (primary N) is 1. The fourth-order valence-electron chi connectivity index (χ4n) is 5.86. The Kier molecular flexibility index (Phi) is 21.2. The van der Waals surface area contributed by atoms with Gasteiger partial charge in [0.2, 0.25) is 41.4 Å². The molecule has 0 aliphatic rings. The molecule has 0 spiro atoms. The van der Waals surface area contributed by atoms with Crippen LogP contribution in [-0.2, 0) is 56.0 Å². The van der Waals surface area contributed by atoms with E-state index in [1.807, 2.05) is 20.1 Å². The van der Waals surface area contributed by atoms with Crippen LogP contribution < -0.4 is 32.3 Å². The van der Waals surface area contributed by atoms with Crippen molar-refractivity contribution in [1.82, 2.24) is 31.5 Å². The maximum atomic E-state index is 14.3. The Hall–Kier alpha value is -5.98. The minimum absolute atomic E-state index is 0.0350. The summed E-state index contributed by atoms with van der Waals surface area (Å²) in [5.74, 6) is -7.74. The van der Waals surface area contributed by atoms with E-state index in [2.05, 4.69) is 26.6 Å². The Balaban J connectivity index is 2.36. The molecule has 0 aliphatic carbocycles. The molecule has 0 bridgehead atoms. The summed E-state index contributed by atoms with van der Waals surface area (Å²) in [6.45, 7) is 3.09. The number of likely N-dealkylation sites (N-methyl/N-ethyl adjacent to an activating group) is 1. The van der Waals surface area contributed by atoms with E-state index in [0.29, 0.717) is 23.3 Å². The van der Waals surface area contributed by atoms with Crippen LogP contribution in [0.1, 0.15) is 57.1 Å². The van der Waals surface area contributed by atoms with E-state index in [0.717, 1.165) is 4.90 Å². The van der Waals surface area contributed by atoms with Gasteiger partial charge in [-0.2, -0.15) is 11.8 Å². The van der Waals surface area contributed by atoms with E-state index in [-0.39, 0.29) is 25.2 Å². The lowest BCUT2D eigenvalue weighted by atomic mass is 10.0. The second-order valence-electron chi connectivity index (χ2n) is 14.2. The third-order valence-corrected chi connectivity index (χ3v) is 9.58. The summed E-state index contributed by atoms with van der Waals surface area (Å²) in [5, 5.41) is 30.9. The zero-order valence-electron chi connectivity index (χ0n) is 33.6. The highest BCUT2D eigenvalue weighted by atomic mass is 32.2. The van der Waals surface area contributed by atoms with Gasteiger partial charge in [-0.1, -0.05) is 74.5 Å². The second-order valence-corrected chi connectivity index (χ2v) is 15.2. The van der Waals surface area contributed by atoms with Crippen LogP contribution in [-0.4, -0.2) is 124 Å². The van der Waals surface area contributed by atoms with Crippen LogP contribution in [0.2, 0.25) is 0 Å². The van der Waals surface area contributed by atoms with Gasteiger partial charge in [0.05, 0.1) is 19.4 Å². The lowest BCUT2D eigenvalue weighted by molar-refractivity contribution is -0.144. The molecule has 0 fully saturated rings. The minimum atomic E-state index is -1.68. The Morgan fingerprint density at radius 2 is 1.22 bits per heavy atom. The molecule has 0 saturated heterocycles. The number of amides is 7. The molecule has 0 aliphatic heterocycles. The summed E-state index contributed by atoms with van der Waals surface area (Å²) >= 11 is 1.47. The van der Waals surface area contributed by atoms with E-state index < -0.39 is 109 Å². The quantitative estimate of drug-likeness (QED) is 0.0621. The normalized spacial score (nSPS) is 13.4. The van der Waals surface area contributed by atoms with Crippen LogP contribution in [0, 0.1) is 5.92 Å². The average molecular weight is 842 g/mol. The van der Waals surface area contributed by atoms with Crippen LogP contribution in [0.4, 0.5) is 0 Å². The number of carboxylic acids is 2. The number of hydrogen-bond donors (Lipinski definition) is 8. The summed E-state index contributed by atoms with van der Waals surface area (Å²) in [6, 6.07) is 10.8. The highest BCUT2D eigenvalue weighted by Gasteiger charge is 2.35. The first-order chi connectivity index (χ1) is 27.9. The van der Waals surface area contributed by atoms with Crippen LogP contribution >= 0.6 is 11.8 Å². The summed E-state index contributed by atoms with van der Waals surface area (Å²) in [6.07, 6.45) is 0.224. The van der Waals surface area contributed by atoms with Gasteiger partial charge >= 0.3 is 11.9 Å². The lowest BCUT2D eigenvalue weighted by Gasteiger charge is -2.32. The fourth-order valence-corrected chi connectivity index (χ4v) is 6.33. The molecule has 2 aromatic rings. The van der Waals surface area contributed by atoms with Crippen LogP contribution in [0.3, 0.4) is 0 Å². The van der Waals surface area contributed by atoms with Crippen molar-refractivity contribution in [2.45, 2.75) is 89.0 Å². The third kappa shape index (κ3) is 18.4. The number of rotatable bonds is 26. The second kappa shape index (κ2) is 25.4. The molecule has 0 saturated carbocycles. The molecule has 2 rings (SSSR count). The molecule has 7 amide bonds. The molecule has 19 heteroatoms. The topological polar surface area (TPSA) is 283 Å². The third-order valence-electron chi connectivity index (χ3n) is 8.94. The van der Waals surface area contributed by atoms with Gasteiger partial charge in [0.15, 0.2) is 0 Å². The standard InChI is InChI=1S/C40H55N7O11S/c1-24(2)19-28(37(55)45-27(36(41)54)17-18-59-4)44-33(49)23-42-39(57)31(21-26-13-9-6-10-14-26)47(3)40(58)30(20-25-11-7-5-8-12-25)46-38(56)29(22-35(52)53)43-32(48)15-16-34(50)51/h5-14,24,27-31H,15-23H2,1-4H3,(H2,41,54)(H,42,57)(H,43,48)(H,44,49)(H,45,55)(H,46,56)(H,50,51)(H,52,53)/t27-,28-,29+,30-,31-/m0/s1. The number of hydrogen-bond acceptors (Lipinski definition) is 10. The smallest absolute Gasteiger partial charge is 0.305 e. The van der Waals surface area contributed by atoms with Crippen molar-refractivity contribution >= 4 is 65.1 Å². The fraction of sp³-hybridized carbons (Fsp3) is 0.475. The molecular formula is C40H55N7O11S. The number of nitrogens with zero attached hydrogens (tertiary/aromatic N) is 1. The summed E-state index contributed by atoms with van der Waals surface area (Å²) in [7, 11) is 1.33. The van der Waals surface area contributed by atoms with Crippen molar-refractivity contribution in [2.75, 3.05) is 25.6 Å². The molecule has 59 heavy (non-hydrogen) atoms. The number of carbonyl (C=O) groups is 9. The van der Waals surface area contributed by atoms with Crippen molar-refractivity contribution in [3.63, 3.8) is 0 Å². The van der Waals surface area contributed by atoms with E-state index in [4.69, 9.17) is 10.8 Å². The summed E-state index contributed by atoms with van der Waals surface area (Å²) < 4.78 is 0. The largest absolute Gasteiger partial charge is 0.481 e. The number of nitrogens with one attached hydrogen (secondary N) is 5. The van der Waals surface area contributed by atoms with E-state index >= 15 is 0 Å². The molecule has 5 atom stereocenters. The molecule has 322 valence electrons. The zero-order chi connectivity index (χ0) is 44.1. The van der Waals surface area contributed by atoms with Gasteiger partial charge in [0.1, 0.15) is 30.2 Å². The predicted octanol–water partition coefficient (Wildman–Crippen LogP) is -0.0218. The molecule has 0 radical (unpaired) electrons. The van der Waals surface area contributed by atoms with Gasteiger partial charge in [-0.15, -0.1) is 0 Å². The molecule has 9 N–H and O–H groups in total. The van der Waals surface area contributed by atoms with Gasteiger partial charge in [-0.3, -0.25) is 43.2 Å². The van der Waals surface area contributed by atoms with Crippen LogP contribution in [0.25, 0.3) is 0 Å². The van der Waals surface area contributed by atoms with Crippen LogP contribution in [0.15, 0.2) is 60.7 Å². The minimum Gasteiger partial charge on any atom is -0.481 e. The first-order valence-corrected chi connectivity index (χ1v) is 20.3. The van der Waals surface area contributed by atoms with Gasteiger partial charge in [-0.05, 0) is 41.9 Å². The number of carbonyl (C=O) groups excluding carboxylic acids is 7. The van der Waals surface area contributed by atoms with Gasteiger partial charge < -0.3 is 47.4 Å². The van der Waals surface area contributed by atoms with Crippen molar-refractivity contribution < 1.29 is 53.4 Å². The summed E-state index contributed by atoms with van der Waals surface area (Å²) in [5.41, 5.74) is 6.72. The Labute approximate surface area is 347 Å². The number of benzene rings is 2. The average Bonchev–Trinajstić information content (AvgIpc) is 3.18. The molecular weight excluding hydrogens is 787 g/mol. The van der Waals surface area contributed by atoms with E-state index in [1.54, 1.807) is 60.7 Å². The predicted molar refractivity (Wildman–Crippen MR) is 218 cm³/mol. The SMILES string of the molecule is CSCC[C@H](NC(=O)[C@H](CC(C)C)NC(=O)CNC(=O)[C@H](Cc1ccccc1)N(C)C(=O)[C@H](Cc1ccccc1)NC(=O)[C@@H](CC(=O)O)NC(=O)CCC(=O)O)C(N)=O. The highest BCUT2D eigenvalue weighted by Crippen LogP contribution is 2.14. The number of primary amides is 1. The monoisotopic (exact) mass is 841 g/mol. The van der Waals surface area contributed by atoms with E-state index in [1.165, 1.54) is 18.8 Å². The number of aliphatic carboxylic acids is 2. The number of thioether (sulfide) groups is 1. The highest BCUT2D eigenvalue weighted by molar-refractivity contribution is 7.98. The van der Waals surface area contributed by atoms with Gasteiger partial charge in [0.25, 0.3) is 0 Å². The van der Waals surface area contributed by atoms with Gasteiger partial charge in [0, 0.05) is 26.3 Å². The summed E-state index contributed by atoms with van der Waals surface area (Å²) in [4.78, 5) is 116. The Morgan fingerprint density at radius 3 is 1.75 bits per heavy atom. The Morgan fingerprint density at radius 1 is 0.678 bits per heavy atom. The van der Waals surface area contributed by atoms with Crippen molar-refractivity contribution in [3.8, 4) is 0 Å².